The maximum Gasteiger partial charge on any atom is 0.255 e. The standard InChI is InChI=1S/C23H38N2O2/c1-6-7-8-9-14-25-15-13-23(5,18(2)17-25)19-11-10-12-20(16-19)24-21(26)22(3,4)27/h10-12,16,18,27H,6-9,13-15,17H2,1-5H3,(H,24,26)/t18-,23-/m0/s1. The number of hydrogen-bond acceptors (Lipinski definition) is 3. The number of anilines is 1. The molecular weight excluding hydrogens is 336 g/mol. The number of likely N-dealkylation sites (tertiary alicyclic amines) is 1. The molecule has 1 aromatic carbocycles. The van der Waals surface area contributed by atoms with E-state index in [1.54, 1.807) is 0 Å². The lowest BCUT2D eigenvalue weighted by Crippen LogP contribution is -2.47. The number of nitrogens with zero attached hydrogens (tertiary/aromatic N) is 1. The van der Waals surface area contributed by atoms with Crippen molar-refractivity contribution >= 4 is 11.6 Å². The molecule has 0 radical (unpaired) electrons. The Bertz CT molecular complexity index is 623. The second kappa shape index (κ2) is 9.20. The van der Waals surface area contributed by atoms with E-state index in [-0.39, 0.29) is 11.3 Å². The molecule has 0 saturated carbocycles. The lowest BCUT2D eigenvalue weighted by Gasteiger charge is -2.45. The van der Waals surface area contributed by atoms with Gasteiger partial charge in [-0.25, -0.2) is 0 Å². The van der Waals surface area contributed by atoms with Gasteiger partial charge in [0.1, 0.15) is 5.60 Å². The molecule has 4 nitrogen and oxygen atoms in total. The summed E-state index contributed by atoms with van der Waals surface area (Å²) in [6.45, 7) is 13.4. The van der Waals surface area contributed by atoms with E-state index in [2.05, 4.69) is 43.1 Å². The van der Waals surface area contributed by atoms with Crippen LogP contribution in [0.15, 0.2) is 24.3 Å². The number of benzene rings is 1. The highest BCUT2D eigenvalue weighted by molar-refractivity contribution is 5.96. The maximum absolute atomic E-state index is 12.1. The zero-order valence-corrected chi connectivity index (χ0v) is 17.8. The van der Waals surface area contributed by atoms with Crippen LogP contribution in [-0.2, 0) is 10.2 Å². The van der Waals surface area contributed by atoms with Crippen LogP contribution in [0.2, 0.25) is 0 Å². The minimum atomic E-state index is -1.38. The lowest BCUT2D eigenvalue weighted by atomic mass is 9.68. The smallest absolute Gasteiger partial charge is 0.255 e. The average molecular weight is 375 g/mol. The molecule has 1 aromatic rings. The summed E-state index contributed by atoms with van der Waals surface area (Å²) >= 11 is 0. The third kappa shape index (κ3) is 5.79. The number of piperidine rings is 1. The Balaban J connectivity index is 2.03. The highest BCUT2D eigenvalue weighted by atomic mass is 16.3. The molecule has 2 rings (SSSR count). The SMILES string of the molecule is CCCCCCN1CC[C@](C)(c2cccc(NC(=O)C(C)(C)O)c2)[C@@H](C)C1. The number of carbonyl (C=O) groups excluding carboxylic acids is 1. The Kier molecular flexibility index (Phi) is 7.47. The molecule has 1 aliphatic rings. The fourth-order valence-electron chi connectivity index (χ4n) is 3.95. The third-order valence-corrected chi connectivity index (χ3v) is 6.23. The number of aliphatic hydroxyl groups is 1. The molecule has 2 atom stereocenters. The molecule has 0 spiro atoms. The summed E-state index contributed by atoms with van der Waals surface area (Å²) in [5.41, 5.74) is 0.760. The molecule has 27 heavy (non-hydrogen) atoms. The van der Waals surface area contributed by atoms with Crippen LogP contribution in [0.3, 0.4) is 0 Å². The van der Waals surface area contributed by atoms with Crippen molar-refractivity contribution in [3.8, 4) is 0 Å². The highest BCUT2D eigenvalue weighted by Crippen LogP contribution is 2.40. The van der Waals surface area contributed by atoms with E-state index in [4.69, 9.17) is 0 Å². The summed E-state index contributed by atoms with van der Waals surface area (Å²) in [7, 11) is 0. The first-order valence-electron chi connectivity index (χ1n) is 10.5. The Morgan fingerprint density at radius 3 is 2.70 bits per heavy atom. The van der Waals surface area contributed by atoms with Gasteiger partial charge in [-0.15, -0.1) is 0 Å². The average Bonchev–Trinajstić information content (AvgIpc) is 2.61. The number of rotatable bonds is 8. The summed E-state index contributed by atoms with van der Waals surface area (Å²) in [6, 6.07) is 8.15. The summed E-state index contributed by atoms with van der Waals surface area (Å²) in [4.78, 5) is 14.7. The van der Waals surface area contributed by atoms with Crippen molar-refractivity contribution < 1.29 is 9.90 Å². The quantitative estimate of drug-likeness (QED) is 0.655. The van der Waals surface area contributed by atoms with E-state index >= 15 is 0 Å². The van der Waals surface area contributed by atoms with E-state index in [1.165, 1.54) is 51.6 Å². The van der Waals surface area contributed by atoms with Crippen LogP contribution in [-0.4, -0.2) is 41.1 Å². The van der Waals surface area contributed by atoms with Crippen molar-refractivity contribution in [3.05, 3.63) is 29.8 Å². The van der Waals surface area contributed by atoms with Gasteiger partial charge in [-0.2, -0.15) is 0 Å². The molecule has 0 bridgehead atoms. The second-order valence-electron chi connectivity index (χ2n) is 9.02. The van der Waals surface area contributed by atoms with Crippen LogP contribution in [0, 0.1) is 5.92 Å². The molecule has 152 valence electrons. The van der Waals surface area contributed by atoms with Crippen LogP contribution in [0.25, 0.3) is 0 Å². The summed E-state index contributed by atoms with van der Waals surface area (Å²) in [5, 5.41) is 12.7. The Morgan fingerprint density at radius 2 is 2.07 bits per heavy atom. The summed E-state index contributed by atoms with van der Waals surface area (Å²) in [6.07, 6.45) is 6.39. The van der Waals surface area contributed by atoms with E-state index in [1.807, 2.05) is 12.1 Å². The number of amides is 1. The van der Waals surface area contributed by atoms with Crippen molar-refractivity contribution in [2.24, 2.45) is 5.92 Å². The van der Waals surface area contributed by atoms with Gasteiger partial charge in [0, 0.05) is 12.2 Å². The van der Waals surface area contributed by atoms with Crippen molar-refractivity contribution in [3.63, 3.8) is 0 Å². The number of nitrogens with one attached hydrogen (secondary N) is 1. The minimum absolute atomic E-state index is 0.107. The van der Waals surface area contributed by atoms with Gasteiger partial charge in [0.25, 0.3) is 5.91 Å². The van der Waals surface area contributed by atoms with E-state index in [0.717, 1.165) is 25.2 Å². The van der Waals surface area contributed by atoms with Gasteiger partial charge in [-0.05, 0) is 68.8 Å². The minimum Gasteiger partial charge on any atom is -0.381 e. The maximum atomic E-state index is 12.1. The first-order chi connectivity index (χ1) is 12.7. The fourth-order valence-corrected chi connectivity index (χ4v) is 3.95. The Morgan fingerprint density at radius 1 is 1.33 bits per heavy atom. The number of unbranched alkanes of at least 4 members (excludes halogenated alkanes) is 3. The van der Waals surface area contributed by atoms with E-state index in [9.17, 15) is 9.90 Å². The summed E-state index contributed by atoms with van der Waals surface area (Å²) < 4.78 is 0. The number of carbonyl (C=O) groups is 1. The molecular formula is C23H38N2O2. The van der Waals surface area contributed by atoms with Gasteiger partial charge in [-0.3, -0.25) is 4.79 Å². The zero-order chi connectivity index (χ0) is 20.1. The number of hydrogen-bond donors (Lipinski definition) is 2. The van der Waals surface area contributed by atoms with Crippen molar-refractivity contribution in [1.82, 2.24) is 4.90 Å². The third-order valence-electron chi connectivity index (χ3n) is 6.23. The first kappa shape index (κ1) is 21.9. The van der Waals surface area contributed by atoms with E-state index in [0.29, 0.717) is 5.92 Å². The van der Waals surface area contributed by atoms with Crippen LogP contribution in [0.1, 0.15) is 72.3 Å². The molecule has 1 heterocycles. The van der Waals surface area contributed by atoms with Crippen LogP contribution >= 0.6 is 0 Å². The second-order valence-corrected chi connectivity index (χ2v) is 9.02. The highest BCUT2D eigenvalue weighted by Gasteiger charge is 2.38. The Hall–Kier alpha value is -1.39. The van der Waals surface area contributed by atoms with Crippen molar-refractivity contribution in [2.75, 3.05) is 25.0 Å². The van der Waals surface area contributed by atoms with Crippen molar-refractivity contribution in [2.45, 2.75) is 77.7 Å². The topological polar surface area (TPSA) is 52.6 Å². The Labute approximate surface area is 165 Å². The predicted molar refractivity (Wildman–Crippen MR) is 113 cm³/mol. The molecule has 0 unspecified atom stereocenters. The van der Waals surface area contributed by atoms with Crippen LogP contribution in [0.4, 0.5) is 5.69 Å². The molecule has 1 saturated heterocycles. The van der Waals surface area contributed by atoms with Gasteiger partial charge in [0.15, 0.2) is 0 Å². The zero-order valence-electron chi connectivity index (χ0n) is 17.8. The van der Waals surface area contributed by atoms with Gasteiger partial charge in [-0.1, -0.05) is 52.2 Å². The van der Waals surface area contributed by atoms with Gasteiger partial charge in [0.2, 0.25) is 0 Å². The predicted octanol–water partition coefficient (Wildman–Crippen LogP) is 4.58. The first-order valence-corrected chi connectivity index (χ1v) is 10.5. The van der Waals surface area contributed by atoms with Crippen molar-refractivity contribution in [1.29, 1.82) is 0 Å². The molecule has 1 amide bonds. The van der Waals surface area contributed by atoms with Gasteiger partial charge >= 0.3 is 0 Å². The molecule has 1 aliphatic heterocycles. The van der Waals surface area contributed by atoms with Gasteiger partial charge < -0.3 is 15.3 Å². The van der Waals surface area contributed by atoms with Crippen LogP contribution in [0.5, 0.6) is 0 Å². The van der Waals surface area contributed by atoms with Gasteiger partial charge in [0.05, 0.1) is 0 Å². The lowest BCUT2D eigenvalue weighted by molar-refractivity contribution is -0.130. The molecule has 2 N–H and O–H groups in total. The van der Waals surface area contributed by atoms with Crippen LogP contribution < -0.4 is 5.32 Å². The summed E-state index contributed by atoms with van der Waals surface area (Å²) in [5.74, 6) is 0.178. The largest absolute Gasteiger partial charge is 0.381 e. The molecule has 4 heteroatoms. The molecule has 0 aliphatic carbocycles. The normalized spacial score (nSPS) is 24.0. The monoisotopic (exact) mass is 374 g/mol. The fraction of sp³-hybridized carbons (Fsp3) is 0.696. The molecule has 0 aromatic heterocycles. The molecule has 1 fully saturated rings. The van der Waals surface area contributed by atoms with E-state index < -0.39 is 5.60 Å².